The summed E-state index contributed by atoms with van der Waals surface area (Å²) in [5.74, 6) is -0.369. The van der Waals surface area contributed by atoms with E-state index in [0.29, 0.717) is 4.34 Å². The van der Waals surface area contributed by atoms with E-state index in [-0.39, 0.29) is 5.97 Å². The number of rotatable bonds is 4. The predicted octanol–water partition coefficient (Wildman–Crippen LogP) is 5.25. The summed E-state index contributed by atoms with van der Waals surface area (Å²) in [7, 11) is 1.36. The standard InChI is InChI=1S/C13H10Br2ClNO2S/c1-19-13(18)11(10-6-8(15)12(16)20-10)17-9-5-3-2-4-7(9)14/h2-6,11,17H,1H3. The summed E-state index contributed by atoms with van der Waals surface area (Å²) in [6, 6.07) is 8.78. The number of halogens is 3. The first-order valence-corrected chi connectivity index (χ1v) is 8.34. The number of hydrogen-bond donors (Lipinski definition) is 1. The Balaban J connectivity index is 2.34. The Hall–Kier alpha value is -0.560. The van der Waals surface area contributed by atoms with Gasteiger partial charge < -0.3 is 10.1 Å². The van der Waals surface area contributed by atoms with Crippen LogP contribution in [0.3, 0.4) is 0 Å². The molecule has 1 heterocycles. The van der Waals surface area contributed by atoms with Gasteiger partial charge in [0, 0.05) is 19.5 Å². The highest BCUT2D eigenvalue weighted by molar-refractivity contribution is 9.11. The summed E-state index contributed by atoms with van der Waals surface area (Å²) in [6.45, 7) is 0. The van der Waals surface area contributed by atoms with Crippen LogP contribution < -0.4 is 5.32 Å². The normalized spacial score (nSPS) is 12.0. The number of benzene rings is 1. The summed E-state index contributed by atoms with van der Waals surface area (Å²) < 4.78 is 7.10. The molecule has 1 N–H and O–H groups in total. The van der Waals surface area contributed by atoms with Gasteiger partial charge in [0.1, 0.15) is 4.34 Å². The molecular weight excluding hydrogens is 429 g/mol. The van der Waals surface area contributed by atoms with E-state index in [1.165, 1.54) is 18.4 Å². The van der Waals surface area contributed by atoms with Crippen LogP contribution in [0.25, 0.3) is 0 Å². The van der Waals surface area contributed by atoms with Crippen molar-refractivity contribution in [2.75, 3.05) is 12.4 Å². The molecule has 0 fully saturated rings. The van der Waals surface area contributed by atoms with Gasteiger partial charge in [0.25, 0.3) is 0 Å². The van der Waals surface area contributed by atoms with Crippen molar-refractivity contribution in [1.29, 1.82) is 0 Å². The maximum atomic E-state index is 12.0. The molecule has 7 heteroatoms. The van der Waals surface area contributed by atoms with Crippen LogP contribution in [0.1, 0.15) is 10.9 Å². The third kappa shape index (κ3) is 3.55. The molecule has 2 aromatic rings. The largest absolute Gasteiger partial charge is 0.467 e. The predicted molar refractivity (Wildman–Crippen MR) is 89.6 cm³/mol. The van der Waals surface area contributed by atoms with E-state index in [2.05, 4.69) is 37.2 Å². The number of nitrogens with one attached hydrogen (secondary N) is 1. The van der Waals surface area contributed by atoms with Gasteiger partial charge in [0.15, 0.2) is 6.04 Å². The third-order valence-corrected chi connectivity index (χ3v) is 5.79. The molecule has 1 aromatic heterocycles. The van der Waals surface area contributed by atoms with Gasteiger partial charge >= 0.3 is 5.97 Å². The van der Waals surface area contributed by atoms with Crippen LogP contribution in [0.4, 0.5) is 5.69 Å². The Kier molecular flexibility index (Phi) is 5.49. The van der Waals surface area contributed by atoms with Crippen molar-refractivity contribution in [3.05, 3.63) is 48.5 Å². The topological polar surface area (TPSA) is 38.3 Å². The van der Waals surface area contributed by atoms with E-state index in [4.69, 9.17) is 16.3 Å². The van der Waals surface area contributed by atoms with E-state index < -0.39 is 6.04 Å². The molecule has 2 rings (SSSR count). The SMILES string of the molecule is COC(=O)C(Nc1ccccc1Br)c1cc(Br)c(Cl)s1. The van der Waals surface area contributed by atoms with E-state index in [9.17, 15) is 4.79 Å². The number of para-hydroxylation sites is 1. The molecule has 0 aliphatic carbocycles. The van der Waals surface area contributed by atoms with Crippen molar-refractivity contribution in [2.45, 2.75) is 6.04 Å². The monoisotopic (exact) mass is 437 g/mol. The number of carbonyl (C=O) groups excluding carboxylic acids is 1. The lowest BCUT2D eigenvalue weighted by Gasteiger charge is -2.17. The zero-order chi connectivity index (χ0) is 14.7. The molecule has 1 aromatic carbocycles. The molecule has 0 aliphatic rings. The Morgan fingerprint density at radius 3 is 2.60 bits per heavy atom. The van der Waals surface area contributed by atoms with Gasteiger partial charge in [0.2, 0.25) is 0 Å². The second kappa shape index (κ2) is 6.93. The first-order chi connectivity index (χ1) is 9.52. The minimum atomic E-state index is -0.604. The number of carbonyl (C=O) groups is 1. The van der Waals surface area contributed by atoms with Crippen LogP contribution >= 0.6 is 54.8 Å². The van der Waals surface area contributed by atoms with Gasteiger partial charge in [-0.3, -0.25) is 0 Å². The summed E-state index contributed by atoms with van der Waals surface area (Å²) in [4.78, 5) is 12.8. The molecule has 0 spiro atoms. The molecule has 0 amide bonds. The summed E-state index contributed by atoms with van der Waals surface area (Å²) in [6.07, 6.45) is 0. The Labute approximate surface area is 142 Å². The fraction of sp³-hybridized carbons (Fsp3) is 0.154. The Morgan fingerprint density at radius 1 is 1.35 bits per heavy atom. The lowest BCUT2D eigenvalue weighted by Crippen LogP contribution is -2.21. The number of esters is 1. The molecule has 0 saturated carbocycles. The summed E-state index contributed by atoms with van der Waals surface area (Å²) >= 11 is 14.2. The van der Waals surface area contributed by atoms with Crippen LogP contribution in [0.2, 0.25) is 4.34 Å². The minimum absolute atomic E-state index is 0.369. The summed E-state index contributed by atoms with van der Waals surface area (Å²) in [5, 5.41) is 3.16. The second-order valence-corrected chi connectivity index (χ2v) is 7.25. The van der Waals surface area contributed by atoms with Gasteiger partial charge in [-0.25, -0.2) is 4.79 Å². The molecule has 20 heavy (non-hydrogen) atoms. The van der Waals surface area contributed by atoms with Gasteiger partial charge in [-0.2, -0.15) is 0 Å². The van der Waals surface area contributed by atoms with Gasteiger partial charge in [-0.05, 0) is 50.1 Å². The molecule has 1 atom stereocenters. The van der Waals surface area contributed by atoms with Crippen LogP contribution in [0, 0.1) is 0 Å². The maximum Gasteiger partial charge on any atom is 0.333 e. The van der Waals surface area contributed by atoms with E-state index in [1.54, 1.807) is 0 Å². The van der Waals surface area contributed by atoms with Crippen molar-refractivity contribution in [1.82, 2.24) is 0 Å². The average molecular weight is 440 g/mol. The first kappa shape index (κ1) is 15.8. The van der Waals surface area contributed by atoms with Crippen LogP contribution in [0.5, 0.6) is 0 Å². The van der Waals surface area contributed by atoms with Crippen LogP contribution in [-0.4, -0.2) is 13.1 Å². The van der Waals surface area contributed by atoms with E-state index >= 15 is 0 Å². The lowest BCUT2D eigenvalue weighted by atomic mass is 10.2. The van der Waals surface area contributed by atoms with E-state index in [1.807, 2.05) is 30.3 Å². The van der Waals surface area contributed by atoms with Gasteiger partial charge in [-0.1, -0.05) is 23.7 Å². The average Bonchev–Trinajstić information content (AvgIpc) is 2.76. The number of methoxy groups -OCH3 is 1. The van der Waals surface area contributed by atoms with Crippen molar-refractivity contribution in [3.8, 4) is 0 Å². The molecule has 0 bridgehead atoms. The number of anilines is 1. The molecule has 1 unspecified atom stereocenters. The van der Waals surface area contributed by atoms with Crippen LogP contribution in [0.15, 0.2) is 39.3 Å². The molecule has 0 saturated heterocycles. The quantitative estimate of drug-likeness (QED) is 0.661. The lowest BCUT2D eigenvalue weighted by molar-refractivity contribution is -0.141. The highest BCUT2D eigenvalue weighted by Gasteiger charge is 2.25. The van der Waals surface area contributed by atoms with E-state index in [0.717, 1.165) is 19.5 Å². The van der Waals surface area contributed by atoms with Crippen LogP contribution in [-0.2, 0) is 9.53 Å². The third-order valence-electron chi connectivity index (χ3n) is 2.56. The molecule has 0 aliphatic heterocycles. The summed E-state index contributed by atoms with van der Waals surface area (Å²) in [5.41, 5.74) is 0.809. The minimum Gasteiger partial charge on any atom is -0.467 e. The fourth-order valence-corrected chi connectivity index (χ4v) is 3.78. The highest BCUT2D eigenvalue weighted by Crippen LogP contribution is 2.37. The fourth-order valence-electron chi connectivity index (χ4n) is 1.60. The number of hydrogen-bond acceptors (Lipinski definition) is 4. The first-order valence-electron chi connectivity index (χ1n) is 5.56. The molecule has 0 radical (unpaired) electrons. The Bertz CT molecular complexity index is 613. The molecule has 3 nitrogen and oxygen atoms in total. The van der Waals surface area contributed by atoms with Crippen molar-refractivity contribution < 1.29 is 9.53 Å². The highest BCUT2D eigenvalue weighted by atomic mass is 79.9. The maximum absolute atomic E-state index is 12.0. The smallest absolute Gasteiger partial charge is 0.333 e. The second-order valence-electron chi connectivity index (χ2n) is 3.85. The van der Waals surface area contributed by atoms with Crippen molar-refractivity contribution >= 4 is 66.5 Å². The van der Waals surface area contributed by atoms with Crippen molar-refractivity contribution in [2.24, 2.45) is 0 Å². The Morgan fingerprint density at radius 2 is 2.05 bits per heavy atom. The van der Waals surface area contributed by atoms with Crippen molar-refractivity contribution in [3.63, 3.8) is 0 Å². The molecular formula is C13H10Br2ClNO2S. The molecule has 106 valence electrons. The zero-order valence-corrected chi connectivity index (χ0v) is 15.1. The zero-order valence-electron chi connectivity index (χ0n) is 10.3. The van der Waals surface area contributed by atoms with Gasteiger partial charge in [-0.15, -0.1) is 11.3 Å². The van der Waals surface area contributed by atoms with Gasteiger partial charge in [0.05, 0.1) is 7.11 Å². The number of ether oxygens (including phenoxy) is 1. The number of thiophene rings is 1.